The average Bonchev–Trinajstić information content (AvgIpc) is 2.98. The van der Waals surface area contributed by atoms with Crippen molar-refractivity contribution < 1.29 is 14.3 Å². The number of nitrogens with zero attached hydrogens (tertiary/aromatic N) is 1. The zero-order valence-electron chi connectivity index (χ0n) is 17.5. The van der Waals surface area contributed by atoms with E-state index in [2.05, 4.69) is 19.2 Å². The monoisotopic (exact) mass is 418 g/mol. The van der Waals surface area contributed by atoms with Gasteiger partial charge in [-0.25, -0.2) is 0 Å². The zero-order valence-corrected chi connectivity index (χ0v) is 18.3. The fourth-order valence-corrected chi connectivity index (χ4v) is 4.44. The maximum absolute atomic E-state index is 13.2. The standard InChI is InChI=1S/C23H31ClN2O3/c1-15(2)14-20(23(28)29-3)25-21-18-6-4-5-7-19(18)22(27)26(21)13-12-16-8-10-17(24)11-9-16/h8-11,15,20-21,25H,4-7,12-14H2,1-3H3/t20-,21+/m0/s1. The summed E-state index contributed by atoms with van der Waals surface area (Å²) in [5.41, 5.74) is 3.24. The lowest BCUT2D eigenvalue weighted by molar-refractivity contribution is -0.144. The second-order valence-corrected chi connectivity index (χ2v) is 8.80. The summed E-state index contributed by atoms with van der Waals surface area (Å²) < 4.78 is 5.03. The Labute approximate surface area is 178 Å². The average molecular weight is 419 g/mol. The molecule has 0 saturated carbocycles. The third kappa shape index (κ3) is 5.20. The molecule has 158 valence electrons. The highest BCUT2D eigenvalue weighted by Gasteiger charge is 2.41. The molecule has 0 radical (unpaired) electrons. The first-order valence-electron chi connectivity index (χ1n) is 10.5. The zero-order chi connectivity index (χ0) is 21.0. The maximum Gasteiger partial charge on any atom is 0.322 e. The summed E-state index contributed by atoms with van der Waals surface area (Å²) in [6.07, 6.45) is 5.06. The molecule has 0 aromatic heterocycles. The van der Waals surface area contributed by atoms with E-state index in [1.165, 1.54) is 7.11 Å². The first kappa shape index (κ1) is 21.8. The summed E-state index contributed by atoms with van der Waals surface area (Å²) in [5, 5.41) is 4.18. The predicted molar refractivity (Wildman–Crippen MR) is 115 cm³/mol. The van der Waals surface area contributed by atoms with E-state index in [9.17, 15) is 9.59 Å². The minimum absolute atomic E-state index is 0.110. The summed E-state index contributed by atoms with van der Waals surface area (Å²) in [5.74, 6) is 0.180. The predicted octanol–water partition coefficient (Wildman–Crippen LogP) is 4.10. The van der Waals surface area contributed by atoms with Crippen molar-refractivity contribution in [2.75, 3.05) is 13.7 Å². The number of nitrogens with one attached hydrogen (secondary N) is 1. The number of methoxy groups -OCH3 is 1. The molecular weight excluding hydrogens is 388 g/mol. The molecular formula is C23H31ClN2O3. The number of hydrogen-bond acceptors (Lipinski definition) is 4. The first-order valence-corrected chi connectivity index (χ1v) is 10.9. The topological polar surface area (TPSA) is 58.6 Å². The fraction of sp³-hybridized carbons (Fsp3) is 0.565. The van der Waals surface area contributed by atoms with E-state index in [0.717, 1.165) is 48.8 Å². The Morgan fingerprint density at radius 2 is 1.93 bits per heavy atom. The Kier molecular flexibility index (Phi) is 7.36. The van der Waals surface area contributed by atoms with Crippen LogP contribution in [0.1, 0.15) is 51.5 Å². The Balaban J connectivity index is 1.80. The maximum atomic E-state index is 13.2. The normalized spacial score (nSPS) is 20.2. The fourth-order valence-electron chi connectivity index (χ4n) is 4.31. The van der Waals surface area contributed by atoms with Gasteiger partial charge in [-0.1, -0.05) is 37.6 Å². The summed E-state index contributed by atoms with van der Waals surface area (Å²) in [6, 6.07) is 7.31. The molecule has 0 fully saturated rings. The molecule has 0 spiro atoms. The molecule has 29 heavy (non-hydrogen) atoms. The molecule has 1 aromatic carbocycles. The summed E-state index contributed by atoms with van der Waals surface area (Å²) >= 11 is 5.99. The highest BCUT2D eigenvalue weighted by molar-refractivity contribution is 6.30. The van der Waals surface area contributed by atoms with Gasteiger partial charge < -0.3 is 9.64 Å². The van der Waals surface area contributed by atoms with E-state index in [1.54, 1.807) is 0 Å². The first-order chi connectivity index (χ1) is 13.9. The van der Waals surface area contributed by atoms with Crippen molar-refractivity contribution >= 4 is 23.5 Å². The SMILES string of the molecule is COC(=O)[C@H](CC(C)C)N[C@H]1C2=C(CCCC2)C(=O)N1CCc1ccc(Cl)cc1. The number of carbonyl (C=O) groups excluding carboxylic acids is 2. The van der Waals surface area contributed by atoms with Crippen LogP contribution in [0.3, 0.4) is 0 Å². The van der Waals surface area contributed by atoms with Crippen molar-refractivity contribution in [2.24, 2.45) is 5.92 Å². The quantitative estimate of drug-likeness (QED) is 0.646. The van der Waals surface area contributed by atoms with Crippen LogP contribution in [0.25, 0.3) is 0 Å². The largest absolute Gasteiger partial charge is 0.468 e. The van der Waals surface area contributed by atoms with Gasteiger partial charge in [-0.2, -0.15) is 0 Å². The van der Waals surface area contributed by atoms with Gasteiger partial charge in [-0.15, -0.1) is 0 Å². The van der Waals surface area contributed by atoms with E-state index in [-0.39, 0.29) is 18.0 Å². The third-order valence-corrected chi connectivity index (χ3v) is 6.03. The number of hydrogen-bond donors (Lipinski definition) is 1. The number of rotatable bonds is 8. The minimum atomic E-state index is -0.426. The lowest BCUT2D eigenvalue weighted by atomic mass is 9.92. The number of carbonyl (C=O) groups is 2. The van der Waals surface area contributed by atoms with Crippen LogP contribution in [0.2, 0.25) is 5.02 Å². The third-order valence-electron chi connectivity index (χ3n) is 5.78. The van der Waals surface area contributed by atoms with E-state index < -0.39 is 6.04 Å². The molecule has 1 aliphatic carbocycles. The van der Waals surface area contributed by atoms with E-state index in [0.29, 0.717) is 23.9 Å². The molecule has 1 N–H and O–H groups in total. The van der Waals surface area contributed by atoms with Gasteiger partial charge in [0.15, 0.2) is 0 Å². The van der Waals surface area contributed by atoms with Gasteiger partial charge in [0.05, 0.1) is 7.11 Å². The smallest absolute Gasteiger partial charge is 0.322 e. The molecule has 6 heteroatoms. The van der Waals surface area contributed by atoms with Gasteiger partial charge in [0.2, 0.25) is 0 Å². The van der Waals surface area contributed by atoms with Gasteiger partial charge in [0, 0.05) is 17.1 Å². The van der Waals surface area contributed by atoms with Crippen molar-refractivity contribution in [1.82, 2.24) is 10.2 Å². The lowest BCUT2D eigenvalue weighted by Crippen LogP contribution is -2.53. The summed E-state index contributed by atoms with van der Waals surface area (Å²) in [4.78, 5) is 27.4. The number of halogens is 1. The number of esters is 1. The molecule has 2 aliphatic rings. The van der Waals surface area contributed by atoms with Crippen LogP contribution < -0.4 is 5.32 Å². The summed E-state index contributed by atoms with van der Waals surface area (Å²) in [6.45, 7) is 4.77. The van der Waals surface area contributed by atoms with Gasteiger partial charge in [-0.05, 0) is 67.7 Å². The minimum Gasteiger partial charge on any atom is -0.468 e. The van der Waals surface area contributed by atoms with Crippen LogP contribution in [0.5, 0.6) is 0 Å². The Hall–Kier alpha value is -1.85. The van der Waals surface area contributed by atoms with E-state index in [1.807, 2.05) is 29.2 Å². The van der Waals surface area contributed by atoms with Crippen molar-refractivity contribution in [3.05, 3.63) is 46.0 Å². The van der Waals surface area contributed by atoms with Crippen molar-refractivity contribution in [2.45, 2.75) is 64.6 Å². The van der Waals surface area contributed by atoms with E-state index in [4.69, 9.17) is 16.3 Å². The Bertz CT molecular complexity index is 773. The molecule has 1 heterocycles. The number of ether oxygens (including phenoxy) is 1. The second-order valence-electron chi connectivity index (χ2n) is 8.36. The van der Waals surface area contributed by atoms with Gasteiger partial charge >= 0.3 is 5.97 Å². The molecule has 0 saturated heterocycles. The molecule has 2 atom stereocenters. The van der Waals surface area contributed by atoms with Crippen LogP contribution in [0.4, 0.5) is 0 Å². The van der Waals surface area contributed by atoms with Gasteiger partial charge in [0.1, 0.15) is 12.2 Å². The molecule has 0 bridgehead atoms. The molecule has 0 unspecified atom stereocenters. The second kappa shape index (κ2) is 9.77. The summed E-state index contributed by atoms with van der Waals surface area (Å²) in [7, 11) is 1.42. The van der Waals surface area contributed by atoms with Crippen molar-refractivity contribution in [3.63, 3.8) is 0 Å². The highest BCUT2D eigenvalue weighted by atomic mass is 35.5. The molecule has 1 aliphatic heterocycles. The van der Waals surface area contributed by atoms with Crippen LogP contribution in [0, 0.1) is 5.92 Å². The molecule has 5 nitrogen and oxygen atoms in total. The molecule has 1 aromatic rings. The van der Waals surface area contributed by atoms with Crippen LogP contribution >= 0.6 is 11.6 Å². The number of benzene rings is 1. The van der Waals surface area contributed by atoms with E-state index >= 15 is 0 Å². The van der Waals surface area contributed by atoms with Crippen LogP contribution in [-0.4, -0.2) is 42.6 Å². The van der Waals surface area contributed by atoms with Crippen molar-refractivity contribution in [3.8, 4) is 0 Å². The van der Waals surface area contributed by atoms with Crippen molar-refractivity contribution in [1.29, 1.82) is 0 Å². The van der Waals surface area contributed by atoms with Crippen LogP contribution in [0.15, 0.2) is 35.4 Å². The molecule has 3 rings (SSSR count). The van der Waals surface area contributed by atoms with Gasteiger partial charge in [-0.3, -0.25) is 14.9 Å². The lowest BCUT2D eigenvalue weighted by Gasteiger charge is -2.32. The Morgan fingerprint density at radius 3 is 2.59 bits per heavy atom. The Morgan fingerprint density at radius 1 is 1.24 bits per heavy atom. The van der Waals surface area contributed by atoms with Crippen LogP contribution in [-0.2, 0) is 20.7 Å². The number of amides is 1. The van der Waals surface area contributed by atoms with Gasteiger partial charge in [0.25, 0.3) is 5.91 Å². The molecule has 1 amide bonds. The highest BCUT2D eigenvalue weighted by Crippen LogP contribution is 2.36.